The lowest BCUT2D eigenvalue weighted by Gasteiger charge is -2.01. The van der Waals surface area contributed by atoms with Gasteiger partial charge in [0, 0.05) is 6.42 Å². The molecule has 1 heteroatoms. The average molecular weight is 139 g/mol. The molecule has 1 N–H and O–H groups in total. The predicted octanol–water partition coefficient (Wildman–Crippen LogP) is 1.79. The number of hydrogen-bond acceptors (Lipinski definition) is 1. The summed E-state index contributed by atoms with van der Waals surface area (Å²) in [4.78, 5) is 0. The van der Waals surface area contributed by atoms with Gasteiger partial charge in [0.1, 0.15) is 0 Å². The molecule has 0 aromatic carbocycles. The standard InChI is InChI=1S/C9H17N/c1-4-6-7-8-9(3)10-5-2/h9-10H,4-6H2,1-3H3. The molecule has 0 spiro atoms. The van der Waals surface area contributed by atoms with Gasteiger partial charge in [0.2, 0.25) is 0 Å². The molecule has 0 aliphatic carbocycles. The van der Waals surface area contributed by atoms with Crippen LogP contribution in [0.3, 0.4) is 0 Å². The maximum absolute atomic E-state index is 3.23. The van der Waals surface area contributed by atoms with Gasteiger partial charge in [-0.2, -0.15) is 0 Å². The van der Waals surface area contributed by atoms with Crippen molar-refractivity contribution in [3.8, 4) is 11.8 Å². The lowest BCUT2D eigenvalue weighted by atomic mass is 10.3. The molecule has 0 aliphatic rings. The second-order valence-electron chi connectivity index (χ2n) is 2.35. The molecule has 0 fully saturated rings. The highest BCUT2D eigenvalue weighted by molar-refractivity contribution is 5.05. The summed E-state index contributed by atoms with van der Waals surface area (Å²) in [5, 5.41) is 3.23. The van der Waals surface area contributed by atoms with Crippen molar-refractivity contribution < 1.29 is 0 Å². The van der Waals surface area contributed by atoms with Crippen LogP contribution in [-0.2, 0) is 0 Å². The maximum Gasteiger partial charge on any atom is 0.0660 e. The van der Waals surface area contributed by atoms with Crippen molar-refractivity contribution >= 4 is 0 Å². The summed E-state index contributed by atoms with van der Waals surface area (Å²) in [5.74, 6) is 6.23. The first-order valence-corrected chi connectivity index (χ1v) is 4.03. The van der Waals surface area contributed by atoms with Crippen LogP contribution in [0.1, 0.15) is 33.6 Å². The third-order valence-corrected chi connectivity index (χ3v) is 1.20. The third kappa shape index (κ3) is 5.65. The first-order chi connectivity index (χ1) is 4.81. The molecule has 0 saturated carbocycles. The molecule has 1 nitrogen and oxygen atoms in total. The van der Waals surface area contributed by atoms with E-state index in [1.165, 1.54) is 0 Å². The van der Waals surface area contributed by atoms with Crippen LogP contribution >= 0.6 is 0 Å². The maximum atomic E-state index is 3.23. The van der Waals surface area contributed by atoms with Gasteiger partial charge in [-0.1, -0.05) is 19.8 Å². The molecule has 58 valence electrons. The van der Waals surface area contributed by atoms with Crippen LogP contribution in [-0.4, -0.2) is 12.6 Å². The summed E-state index contributed by atoms with van der Waals surface area (Å²) in [6.45, 7) is 7.33. The fourth-order valence-corrected chi connectivity index (χ4v) is 0.707. The normalized spacial score (nSPS) is 11.9. The van der Waals surface area contributed by atoms with Gasteiger partial charge in [-0.05, 0) is 19.9 Å². The summed E-state index contributed by atoms with van der Waals surface area (Å²) in [6.07, 6.45) is 2.18. The molecule has 1 atom stereocenters. The van der Waals surface area contributed by atoms with Gasteiger partial charge in [0.15, 0.2) is 0 Å². The van der Waals surface area contributed by atoms with E-state index >= 15 is 0 Å². The van der Waals surface area contributed by atoms with E-state index < -0.39 is 0 Å². The highest BCUT2D eigenvalue weighted by Gasteiger charge is 1.88. The minimum absolute atomic E-state index is 0.358. The molecular weight excluding hydrogens is 122 g/mol. The van der Waals surface area contributed by atoms with E-state index in [0.717, 1.165) is 19.4 Å². The van der Waals surface area contributed by atoms with E-state index in [4.69, 9.17) is 0 Å². The van der Waals surface area contributed by atoms with E-state index in [2.05, 4.69) is 37.9 Å². The van der Waals surface area contributed by atoms with Crippen molar-refractivity contribution in [2.24, 2.45) is 0 Å². The molecule has 0 saturated heterocycles. The molecule has 0 aliphatic heterocycles. The van der Waals surface area contributed by atoms with Crippen molar-refractivity contribution in [3.05, 3.63) is 0 Å². The zero-order chi connectivity index (χ0) is 7.82. The van der Waals surface area contributed by atoms with E-state index in [0.29, 0.717) is 6.04 Å². The summed E-state index contributed by atoms with van der Waals surface area (Å²) in [7, 11) is 0. The Morgan fingerprint density at radius 1 is 1.40 bits per heavy atom. The van der Waals surface area contributed by atoms with Crippen LogP contribution in [0.5, 0.6) is 0 Å². The SMILES string of the molecule is CCCC#CC(C)NCC. The molecule has 1 unspecified atom stereocenters. The van der Waals surface area contributed by atoms with Crippen molar-refractivity contribution in [2.75, 3.05) is 6.54 Å². The first kappa shape index (κ1) is 9.52. The van der Waals surface area contributed by atoms with Gasteiger partial charge >= 0.3 is 0 Å². The molecule has 0 rings (SSSR count). The van der Waals surface area contributed by atoms with Gasteiger partial charge in [-0.3, -0.25) is 0 Å². The van der Waals surface area contributed by atoms with Gasteiger partial charge in [-0.15, -0.1) is 5.92 Å². The van der Waals surface area contributed by atoms with Crippen LogP contribution in [0.4, 0.5) is 0 Å². The van der Waals surface area contributed by atoms with Crippen LogP contribution in [0.25, 0.3) is 0 Å². The van der Waals surface area contributed by atoms with Crippen LogP contribution in [0, 0.1) is 11.8 Å². The molecule has 0 amide bonds. The Morgan fingerprint density at radius 2 is 2.10 bits per heavy atom. The first-order valence-electron chi connectivity index (χ1n) is 4.03. The minimum Gasteiger partial charge on any atom is -0.304 e. The second-order valence-corrected chi connectivity index (χ2v) is 2.35. The lowest BCUT2D eigenvalue weighted by Crippen LogP contribution is -2.23. The fourth-order valence-electron chi connectivity index (χ4n) is 0.707. The molecule has 0 aromatic rings. The Bertz CT molecular complexity index is 118. The Morgan fingerprint density at radius 3 is 2.60 bits per heavy atom. The van der Waals surface area contributed by atoms with Crippen molar-refractivity contribution in [1.29, 1.82) is 0 Å². The van der Waals surface area contributed by atoms with Crippen molar-refractivity contribution in [2.45, 2.75) is 39.7 Å². The zero-order valence-electron chi connectivity index (χ0n) is 7.20. The summed E-state index contributed by atoms with van der Waals surface area (Å²) < 4.78 is 0. The minimum atomic E-state index is 0.358. The Kier molecular flexibility index (Phi) is 6.32. The second kappa shape index (κ2) is 6.64. The lowest BCUT2D eigenvalue weighted by molar-refractivity contribution is 0.676. The summed E-state index contributed by atoms with van der Waals surface area (Å²) >= 11 is 0. The Labute approximate surface area is 64.2 Å². The number of nitrogens with one attached hydrogen (secondary N) is 1. The summed E-state index contributed by atoms with van der Waals surface area (Å²) in [6, 6.07) is 0.358. The van der Waals surface area contributed by atoms with E-state index in [1.807, 2.05) is 0 Å². The third-order valence-electron chi connectivity index (χ3n) is 1.20. The molecule has 10 heavy (non-hydrogen) atoms. The monoisotopic (exact) mass is 139 g/mol. The van der Waals surface area contributed by atoms with Crippen molar-refractivity contribution in [3.63, 3.8) is 0 Å². The van der Waals surface area contributed by atoms with E-state index in [9.17, 15) is 0 Å². The molecule has 0 bridgehead atoms. The number of rotatable bonds is 3. The van der Waals surface area contributed by atoms with E-state index in [-0.39, 0.29) is 0 Å². The van der Waals surface area contributed by atoms with Crippen LogP contribution in [0.2, 0.25) is 0 Å². The van der Waals surface area contributed by atoms with Crippen LogP contribution in [0.15, 0.2) is 0 Å². The molecule has 0 radical (unpaired) electrons. The van der Waals surface area contributed by atoms with Gasteiger partial charge < -0.3 is 5.32 Å². The highest BCUT2D eigenvalue weighted by atomic mass is 14.9. The highest BCUT2D eigenvalue weighted by Crippen LogP contribution is 1.83. The average Bonchev–Trinajstić information content (AvgIpc) is 1.89. The van der Waals surface area contributed by atoms with Crippen molar-refractivity contribution in [1.82, 2.24) is 5.32 Å². The number of unbranched alkanes of at least 4 members (excludes halogenated alkanes) is 1. The zero-order valence-corrected chi connectivity index (χ0v) is 7.20. The molecule has 0 heterocycles. The summed E-state index contributed by atoms with van der Waals surface area (Å²) in [5.41, 5.74) is 0. The number of hydrogen-bond donors (Lipinski definition) is 1. The van der Waals surface area contributed by atoms with E-state index in [1.54, 1.807) is 0 Å². The van der Waals surface area contributed by atoms with Crippen LogP contribution < -0.4 is 5.32 Å². The van der Waals surface area contributed by atoms with Gasteiger partial charge in [0.05, 0.1) is 6.04 Å². The Balaban J connectivity index is 3.37. The quantitative estimate of drug-likeness (QED) is 0.588. The topological polar surface area (TPSA) is 12.0 Å². The predicted molar refractivity (Wildman–Crippen MR) is 45.8 cm³/mol. The fraction of sp³-hybridized carbons (Fsp3) is 0.778. The molecular formula is C9H17N. The molecule has 0 aromatic heterocycles. The smallest absolute Gasteiger partial charge is 0.0660 e. The largest absolute Gasteiger partial charge is 0.304 e. The Hall–Kier alpha value is -0.480. The van der Waals surface area contributed by atoms with Gasteiger partial charge in [-0.25, -0.2) is 0 Å². The van der Waals surface area contributed by atoms with Gasteiger partial charge in [0.25, 0.3) is 0 Å².